The molecule has 0 bridgehead atoms. The monoisotopic (exact) mass is 482 g/mol. The Morgan fingerprint density at radius 1 is 0.969 bits per heavy atom. The van der Waals surface area contributed by atoms with E-state index in [1.54, 1.807) is 6.92 Å². The first kappa shape index (κ1) is 23.0. The van der Waals surface area contributed by atoms with Gasteiger partial charge in [0.2, 0.25) is 11.6 Å². The second-order valence-electron chi connectivity index (χ2n) is 6.35. The Bertz CT molecular complexity index is 1460. The van der Waals surface area contributed by atoms with E-state index in [9.17, 15) is 36.4 Å². The molecule has 2 aromatic carbocycles. The molecule has 15 heteroatoms. The second kappa shape index (κ2) is 8.12. The number of aromatic nitrogens is 2. The van der Waals surface area contributed by atoms with Crippen LogP contribution in [0.1, 0.15) is 16.1 Å². The van der Waals surface area contributed by atoms with E-state index in [1.165, 1.54) is 12.1 Å². The molecule has 0 spiro atoms. The number of carboxylic acids is 1. The second-order valence-corrected chi connectivity index (χ2v) is 9.16. The molecule has 0 saturated heterocycles. The number of rotatable bonds is 6. The van der Waals surface area contributed by atoms with E-state index in [0.29, 0.717) is 5.56 Å². The fourth-order valence-electron chi connectivity index (χ4n) is 2.60. The first-order valence-corrected chi connectivity index (χ1v) is 11.3. The lowest BCUT2D eigenvalue weighted by Gasteiger charge is -2.04. The zero-order valence-electron chi connectivity index (χ0n) is 16.0. The highest BCUT2D eigenvalue weighted by molar-refractivity contribution is 7.86. The molecule has 1 aromatic heterocycles. The number of carbonyl (C=O) groups is 1. The van der Waals surface area contributed by atoms with Crippen LogP contribution >= 0.6 is 0 Å². The minimum Gasteiger partial charge on any atom is -0.492 e. The van der Waals surface area contributed by atoms with Gasteiger partial charge in [0.15, 0.2) is 5.69 Å². The van der Waals surface area contributed by atoms with Gasteiger partial charge >= 0.3 is 5.97 Å². The summed E-state index contributed by atoms with van der Waals surface area (Å²) in [4.78, 5) is 10.5. The van der Waals surface area contributed by atoms with Gasteiger partial charge in [0.1, 0.15) is 10.6 Å². The Labute approximate surface area is 180 Å². The van der Waals surface area contributed by atoms with Crippen LogP contribution in [0.5, 0.6) is 5.88 Å². The number of carboxylic acid groups (broad SMARTS) is 1. The molecule has 0 unspecified atom stereocenters. The largest absolute Gasteiger partial charge is 0.492 e. The molecule has 0 radical (unpaired) electrons. The fraction of sp³-hybridized carbons (Fsp3) is 0.0588. The summed E-state index contributed by atoms with van der Waals surface area (Å²) >= 11 is 0. The molecule has 1 heterocycles. The van der Waals surface area contributed by atoms with Gasteiger partial charge in [0, 0.05) is 0 Å². The van der Waals surface area contributed by atoms with Crippen LogP contribution < -0.4 is 0 Å². The minimum atomic E-state index is -4.67. The maximum Gasteiger partial charge on any atom is 0.358 e. The highest BCUT2D eigenvalue weighted by atomic mass is 32.2. The molecule has 0 atom stereocenters. The number of aromatic carboxylic acids is 1. The number of hydrogen-bond acceptors (Lipinski definition) is 9. The summed E-state index contributed by atoms with van der Waals surface area (Å²) in [5.74, 6) is -2.39. The normalized spacial score (nSPS) is 12.3. The number of benzene rings is 2. The standard InChI is InChI=1S/C17H14N4O9S2/c1-9-2-7-13(32(28,29)30)12(8-9)18-19-14-15(17(23)24)20-21(16(14)22)10-3-5-11(6-4-10)31(25,26)27/h2-8,22H,1H3,(H,23,24)(H,25,26,27)(H,28,29,30)/b19-18+. The lowest BCUT2D eigenvalue weighted by atomic mass is 10.2. The molecular weight excluding hydrogens is 468 g/mol. The smallest absolute Gasteiger partial charge is 0.358 e. The lowest BCUT2D eigenvalue weighted by molar-refractivity contribution is 0.0690. The highest BCUT2D eigenvalue weighted by Crippen LogP contribution is 2.35. The Morgan fingerprint density at radius 3 is 2.12 bits per heavy atom. The van der Waals surface area contributed by atoms with Crippen LogP contribution in [-0.2, 0) is 20.2 Å². The zero-order valence-corrected chi connectivity index (χ0v) is 17.6. The van der Waals surface area contributed by atoms with E-state index in [4.69, 9.17) is 4.55 Å². The van der Waals surface area contributed by atoms with Crippen LogP contribution in [0.2, 0.25) is 0 Å². The summed E-state index contributed by atoms with van der Waals surface area (Å²) in [5, 5.41) is 30.8. The molecule has 168 valence electrons. The summed E-state index contributed by atoms with van der Waals surface area (Å²) in [6.07, 6.45) is 0. The predicted molar refractivity (Wildman–Crippen MR) is 107 cm³/mol. The summed E-state index contributed by atoms with van der Waals surface area (Å²) in [6, 6.07) is 8.02. The molecule has 3 aromatic rings. The fourth-order valence-corrected chi connectivity index (χ4v) is 3.69. The Kier molecular flexibility index (Phi) is 5.84. The van der Waals surface area contributed by atoms with Gasteiger partial charge in [-0.25, -0.2) is 4.79 Å². The van der Waals surface area contributed by atoms with Crippen LogP contribution in [0.15, 0.2) is 62.5 Å². The number of aromatic hydroxyl groups is 1. The zero-order chi connectivity index (χ0) is 23.8. The maximum absolute atomic E-state index is 11.6. The van der Waals surface area contributed by atoms with Crippen LogP contribution in [0.25, 0.3) is 5.69 Å². The molecule has 0 fully saturated rings. The average molecular weight is 482 g/mol. The van der Waals surface area contributed by atoms with Crippen molar-refractivity contribution in [1.29, 1.82) is 0 Å². The van der Waals surface area contributed by atoms with Crippen LogP contribution in [0.4, 0.5) is 11.4 Å². The van der Waals surface area contributed by atoms with Gasteiger partial charge in [-0.15, -0.1) is 10.2 Å². The van der Waals surface area contributed by atoms with Crippen molar-refractivity contribution in [1.82, 2.24) is 9.78 Å². The molecule has 3 rings (SSSR count). The Hall–Kier alpha value is -3.66. The number of hydrogen-bond donors (Lipinski definition) is 4. The molecule has 4 N–H and O–H groups in total. The number of aryl methyl sites for hydroxylation is 1. The van der Waals surface area contributed by atoms with Crippen molar-refractivity contribution in [3.8, 4) is 11.6 Å². The van der Waals surface area contributed by atoms with E-state index in [-0.39, 0.29) is 11.4 Å². The summed E-state index contributed by atoms with van der Waals surface area (Å²) in [7, 11) is -9.14. The van der Waals surface area contributed by atoms with E-state index in [2.05, 4.69) is 15.3 Å². The van der Waals surface area contributed by atoms with Crippen molar-refractivity contribution in [2.45, 2.75) is 16.7 Å². The van der Waals surface area contributed by atoms with Crippen LogP contribution in [0, 0.1) is 6.92 Å². The third-order valence-electron chi connectivity index (χ3n) is 4.07. The first-order chi connectivity index (χ1) is 14.8. The molecule has 13 nitrogen and oxygen atoms in total. The Balaban J connectivity index is 2.13. The maximum atomic E-state index is 11.6. The van der Waals surface area contributed by atoms with Gasteiger partial charge in [-0.3, -0.25) is 9.11 Å². The predicted octanol–water partition coefficient (Wildman–Crippen LogP) is 2.49. The van der Waals surface area contributed by atoms with E-state index in [1.807, 2.05) is 0 Å². The number of azo groups is 1. The third-order valence-corrected chi connectivity index (χ3v) is 5.84. The molecule has 0 aliphatic carbocycles. The SMILES string of the molecule is Cc1ccc(S(=O)(=O)O)c(/N=N/c2c(C(=O)O)nn(-c3ccc(S(=O)(=O)O)cc3)c2O)c1. The molecule has 0 aliphatic rings. The quantitative estimate of drug-likeness (QED) is 0.298. The van der Waals surface area contributed by atoms with Gasteiger partial charge in [-0.2, -0.15) is 26.6 Å². The highest BCUT2D eigenvalue weighted by Gasteiger charge is 2.24. The summed E-state index contributed by atoms with van der Waals surface area (Å²) in [6.45, 7) is 1.61. The average Bonchev–Trinajstić information content (AvgIpc) is 3.01. The van der Waals surface area contributed by atoms with Gasteiger partial charge in [0.25, 0.3) is 20.2 Å². The van der Waals surface area contributed by atoms with Gasteiger partial charge in [0.05, 0.1) is 10.6 Å². The van der Waals surface area contributed by atoms with Crippen LogP contribution in [0.3, 0.4) is 0 Å². The van der Waals surface area contributed by atoms with E-state index < -0.39 is 53.3 Å². The molecule has 0 aliphatic heterocycles. The van der Waals surface area contributed by atoms with Crippen molar-refractivity contribution < 1.29 is 40.9 Å². The molecule has 0 saturated carbocycles. The van der Waals surface area contributed by atoms with Gasteiger partial charge in [-0.05, 0) is 48.9 Å². The Morgan fingerprint density at radius 2 is 1.59 bits per heavy atom. The van der Waals surface area contributed by atoms with Crippen molar-refractivity contribution in [3.63, 3.8) is 0 Å². The molecule has 0 amide bonds. The lowest BCUT2D eigenvalue weighted by Crippen LogP contribution is -2.02. The minimum absolute atomic E-state index is 0.0213. The van der Waals surface area contributed by atoms with Crippen molar-refractivity contribution in [2.24, 2.45) is 10.2 Å². The molecule has 32 heavy (non-hydrogen) atoms. The van der Waals surface area contributed by atoms with E-state index >= 15 is 0 Å². The number of nitrogens with zero attached hydrogens (tertiary/aromatic N) is 4. The summed E-state index contributed by atoms with van der Waals surface area (Å²) in [5.41, 5.74) is -1.10. The van der Waals surface area contributed by atoms with Crippen LogP contribution in [-0.4, -0.2) is 51.9 Å². The summed E-state index contributed by atoms with van der Waals surface area (Å²) < 4.78 is 64.5. The van der Waals surface area contributed by atoms with Crippen molar-refractivity contribution in [2.75, 3.05) is 0 Å². The van der Waals surface area contributed by atoms with Crippen molar-refractivity contribution in [3.05, 3.63) is 53.7 Å². The van der Waals surface area contributed by atoms with E-state index in [0.717, 1.165) is 35.0 Å². The molecular formula is C17H14N4O9S2. The van der Waals surface area contributed by atoms with Gasteiger partial charge in [-0.1, -0.05) is 6.07 Å². The third kappa shape index (κ3) is 4.65. The first-order valence-electron chi connectivity index (χ1n) is 8.42. The van der Waals surface area contributed by atoms with Gasteiger partial charge < -0.3 is 10.2 Å². The van der Waals surface area contributed by atoms with Crippen molar-refractivity contribution >= 4 is 37.6 Å². The topological polar surface area (TPSA) is 209 Å².